The van der Waals surface area contributed by atoms with E-state index in [1.54, 1.807) is 0 Å². The third kappa shape index (κ3) is 2.88. The van der Waals surface area contributed by atoms with E-state index in [1.807, 2.05) is 6.08 Å². The lowest BCUT2D eigenvalue weighted by Gasteiger charge is -2.25. The molecule has 0 bridgehead atoms. The van der Waals surface area contributed by atoms with E-state index in [-0.39, 0.29) is 0 Å². The minimum absolute atomic E-state index is 0.586. The van der Waals surface area contributed by atoms with E-state index in [1.165, 1.54) is 16.8 Å². The summed E-state index contributed by atoms with van der Waals surface area (Å²) in [5, 5.41) is 0. The Hall–Kier alpha value is -1.24. The third-order valence-electron chi connectivity index (χ3n) is 3.24. The van der Waals surface area contributed by atoms with Gasteiger partial charge in [0.2, 0.25) is 0 Å². The highest BCUT2D eigenvalue weighted by Gasteiger charge is 2.14. The molecule has 0 heterocycles. The van der Waals surface area contributed by atoms with Gasteiger partial charge in [-0.1, -0.05) is 30.7 Å². The minimum Gasteiger partial charge on any atom is -0.377 e. The summed E-state index contributed by atoms with van der Waals surface area (Å²) in [5.74, 6) is 0.586. The molecule has 0 fully saturated rings. The lowest BCUT2D eigenvalue weighted by atomic mass is 9.89. The fourth-order valence-electron chi connectivity index (χ4n) is 2.06. The number of hydrogen-bond acceptors (Lipinski definition) is 1. The Labute approximate surface area is 99.8 Å². The van der Waals surface area contributed by atoms with Crippen LogP contribution in [0.25, 0.3) is 0 Å². The van der Waals surface area contributed by atoms with Crippen LogP contribution in [0.5, 0.6) is 0 Å². The van der Waals surface area contributed by atoms with E-state index in [4.69, 9.17) is 0 Å². The highest BCUT2D eigenvalue weighted by Crippen LogP contribution is 2.29. The molecule has 88 valence electrons. The molecule has 1 aliphatic carbocycles. The van der Waals surface area contributed by atoms with Crippen molar-refractivity contribution in [3.8, 4) is 0 Å². The van der Waals surface area contributed by atoms with Crippen LogP contribution in [-0.4, -0.2) is 19.0 Å². The van der Waals surface area contributed by atoms with Crippen LogP contribution in [0, 0.1) is 5.92 Å². The van der Waals surface area contributed by atoms with Crippen molar-refractivity contribution in [1.82, 2.24) is 4.90 Å². The zero-order chi connectivity index (χ0) is 12.1. The first-order chi connectivity index (χ1) is 7.57. The van der Waals surface area contributed by atoms with Gasteiger partial charge in [-0.3, -0.25) is 0 Å². The molecule has 0 amide bonds. The first kappa shape index (κ1) is 12.8. The summed E-state index contributed by atoms with van der Waals surface area (Å²) >= 11 is 0. The van der Waals surface area contributed by atoms with Crippen molar-refractivity contribution in [3.05, 3.63) is 47.7 Å². The van der Waals surface area contributed by atoms with Crippen molar-refractivity contribution in [2.24, 2.45) is 5.92 Å². The largest absolute Gasteiger partial charge is 0.377 e. The van der Waals surface area contributed by atoms with Crippen LogP contribution in [0.3, 0.4) is 0 Å². The first-order valence-corrected chi connectivity index (χ1v) is 5.93. The topological polar surface area (TPSA) is 3.24 Å². The van der Waals surface area contributed by atoms with E-state index < -0.39 is 0 Å². The van der Waals surface area contributed by atoms with Crippen molar-refractivity contribution in [2.75, 3.05) is 14.1 Å². The lowest BCUT2D eigenvalue weighted by Crippen LogP contribution is -2.16. The summed E-state index contributed by atoms with van der Waals surface area (Å²) in [6, 6.07) is 0. The number of hydrogen-bond donors (Lipinski definition) is 0. The highest BCUT2D eigenvalue weighted by molar-refractivity contribution is 5.41. The molecule has 1 unspecified atom stereocenters. The number of rotatable bonds is 4. The first-order valence-electron chi connectivity index (χ1n) is 5.93. The van der Waals surface area contributed by atoms with Crippen LogP contribution in [0.2, 0.25) is 0 Å². The Morgan fingerprint density at radius 3 is 2.81 bits per heavy atom. The summed E-state index contributed by atoms with van der Waals surface area (Å²) in [4.78, 5) is 2.20. The number of nitrogens with zero attached hydrogens (tertiary/aromatic N) is 1. The van der Waals surface area contributed by atoms with Crippen molar-refractivity contribution in [2.45, 2.75) is 26.7 Å². The van der Waals surface area contributed by atoms with Crippen molar-refractivity contribution in [1.29, 1.82) is 0 Å². The van der Waals surface area contributed by atoms with E-state index in [0.29, 0.717) is 5.92 Å². The predicted molar refractivity (Wildman–Crippen MR) is 72.2 cm³/mol. The van der Waals surface area contributed by atoms with Gasteiger partial charge in [0.05, 0.1) is 0 Å². The summed E-state index contributed by atoms with van der Waals surface area (Å²) in [6.45, 7) is 8.34. The minimum atomic E-state index is 0.586. The van der Waals surface area contributed by atoms with Gasteiger partial charge in [0, 0.05) is 19.8 Å². The SMILES string of the molecule is C=CCC(C)C(C)=C1CC=CC=C1N(C)C. The molecule has 0 radical (unpaired) electrons. The van der Waals surface area contributed by atoms with E-state index >= 15 is 0 Å². The summed E-state index contributed by atoms with van der Waals surface area (Å²) < 4.78 is 0. The van der Waals surface area contributed by atoms with Crippen molar-refractivity contribution >= 4 is 0 Å². The Morgan fingerprint density at radius 2 is 2.25 bits per heavy atom. The maximum Gasteiger partial charge on any atom is 0.0396 e. The smallest absolute Gasteiger partial charge is 0.0396 e. The molecule has 0 N–H and O–H groups in total. The lowest BCUT2D eigenvalue weighted by molar-refractivity contribution is 0.512. The van der Waals surface area contributed by atoms with Gasteiger partial charge in [0.15, 0.2) is 0 Å². The van der Waals surface area contributed by atoms with Crippen molar-refractivity contribution < 1.29 is 0 Å². The predicted octanol–water partition coefficient (Wildman–Crippen LogP) is 3.92. The molecule has 0 saturated carbocycles. The average Bonchev–Trinajstić information content (AvgIpc) is 2.28. The van der Waals surface area contributed by atoms with Crippen LogP contribution < -0.4 is 0 Å². The molecule has 1 nitrogen and oxygen atoms in total. The summed E-state index contributed by atoms with van der Waals surface area (Å²) in [7, 11) is 4.22. The van der Waals surface area contributed by atoms with E-state index in [0.717, 1.165) is 12.8 Å². The highest BCUT2D eigenvalue weighted by atomic mass is 15.1. The van der Waals surface area contributed by atoms with Gasteiger partial charge < -0.3 is 4.90 Å². The molecule has 0 spiro atoms. The molecule has 0 aliphatic heterocycles. The van der Waals surface area contributed by atoms with Gasteiger partial charge in [0.1, 0.15) is 0 Å². The van der Waals surface area contributed by atoms with Gasteiger partial charge >= 0.3 is 0 Å². The molecular formula is C15H23N. The molecule has 0 aromatic rings. The van der Waals surface area contributed by atoms with Gasteiger partial charge in [-0.15, -0.1) is 6.58 Å². The summed E-state index contributed by atoms with van der Waals surface area (Å²) in [6.07, 6.45) is 10.7. The van der Waals surface area contributed by atoms with Gasteiger partial charge in [0.25, 0.3) is 0 Å². The molecule has 16 heavy (non-hydrogen) atoms. The summed E-state index contributed by atoms with van der Waals surface area (Å²) in [5.41, 5.74) is 4.31. The number of allylic oxidation sites excluding steroid dienone is 6. The molecule has 1 atom stereocenters. The zero-order valence-electron chi connectivity index (χ0n) is 11.0. The van der Waals surface area contributed by atoms with Crippen LogP contribution in [-0.2, 0) is 0 Å². The normalized spacial score (nSPS) is 20.1. The zero-order valence-corrected chi connectivity index (χ0v) is 11.0. The fraction of sp³-hybridized carbons (Fsp3) is 0.467. The maximum atomic E-state index is 3.82. The molecule has 1 rings (SSSR count). The molecule has 0 aromatic heterocycles. The van der Waals surface area contributed by atoms with Gasteiger partial charge in [-0.25, -0.2) is 0 Å². The second-order valence-electron chi connectivity index (χ2n) is 4.67. The van der Waals surface area contributed by atoms with E-state index in [2.05, 4.69) is 57.6 Å². The average molecular weight is 217 g/mol. The van der Waals surface area contributed by atoms with Crippen molar-refractivity contribution in [3.63, 3.8) is 0 Å². The van der Waals surface area contributed by atoms with Crippen LogP contribution in [0.1, 0.15) is 26.7 Å². The van der Waals surface area contributed by atoms with Crippen LogP contribution >= 0.6 is 0 Å². The molecule has 0 saturated heterocycles. The monoisotopic (exact) mass is 217 g/mol. The second kappa shape index (κ2) is 5.74. The molecule has 0 aromatic carbocycles. The Bertz CT molecular complexity index is 342. The standard InChI is InChI=1S/C15H23N/c1-6-9-12(2)13(3)14-10-7-8-11-15(14)16(4)5/h6-8,11-12H,1,9-10H2,2-5H3. The second-order valence-corrected chi connectivity index (χ2v) is 4.67. The Morgan fingerprint density at radius 1 is 1.56 bits per heavy atom. The molecule has 1 aliphatic rings. The maximum absolute atomic E-state index is 3.82. The Balaban J connectivity index is 3.01. The quantitative estimate of drug-likeness (QED) is 0.645. The van der Waals surface area contributed by atoms with Gasteiger partial charge in [-0.05, 0) is 37.3 Å². The Kier molecular flexibility index (Phi) is 4.60. The van der Waals surface area contributed by atoms with E-state index in [9.17, 15) is 0 Å². The third-order valence-corrected chi connectivity index (χ3v) is 3.24. The van der Waals surface area contributed by atoms with Gasteiger partial charge in [-0.2, -0.15) is 0 Å². The van der Waals surface area contributed by atoms with Crippen LogP contribution in [0.15, 0.2) is 47.7 Å². The molecule has 1 heteroatoms. The fourth-order valence-corrected chi connectivity index (χ4v) is 2.06. The van der Waals surface area contributed by atoms with Crippen LogP contribution in [0.4, 0.5) is 0 Å². The number of likely N-dealkylation sites (N-methyl/N-ethyl adjacent to an activating group) is 1. The molecular weight excluding hydrogens is 194 g/mol.